The smallest absolute Gasteiger partial charge is 0.337 e. The Kier molecular flexibility index (Phi) is 4.87. The van der Waals surface area contributed by atoms with Gasteiger partial charge in [-0.1, -0.05) is 0 Å². The number of thiophene rings is 1. The van der Waals surface area contributed by atoms with Crippen molar-refractivity contribution in [2.45, 2.75) is 32.9 Å². The Hall–Kier alpha value is -1.72. The summed E-state index contributed by atoms with van der Waals surface area (Å²) in [6.07, 6.45) is 2.39. The summed E-state index contributed by atoms with van der Waals surface area (Å²) in [5.41, 5.74) is 1.07. The number of hydrogen-bond donors (Lipinski definition) is 2. The average molecular weight is 290 g/mol. The molecule has 5 heteroatoms. The minimum Gasteiger partial charge on any atom is -0.478 e. The highest BCUT2D eigenvalue weighted by molar-refractivity contribution is 7.11. The van der Waals surface area contributed by atoms with Crippen molar-refractivity contribution in [3.05, 3.63) is 51.5 Å². The van der Waals surface area contributed by atoms with E-state index in [-0.39, 0.29) is 5.56 Å². The van der Waals surface area contributed by atoms with Crippen LogP contribution < -0.4 is 5.32 Å². The first-order valence-corrected chi connectivity index (χ1v) is 7.33. The van der Waals surface area contributed by atoms with Crippen LogP contribution in [-0.2, 0) is 13.0 Å². The highest BCUT2D eigenvalue weighted by Gasteiger charge is 2.07. The number of nitrogens with one attached hydrogen (secondary N) is 1. The zero-order valence-corrected chi connectivity index (χ0v) is 12.4. The maximum Gasteiger partial charge on any atom is 0.337 e. The molecule has 2 rings (SSSR count). The van der Waals surface area contributed by atoms with Gasteiger partial charge in [0, 0.05) is 28.5 Å². The Bertz CT molecular complexity index is 578. The van der Waals surface area contributed by atoms with Gasteiger partial charge < -0.3 is 10.4 Å². The van der Waals surface area contributed by atoms with Crippen LogP contribution in [0.3, 0.4) is 0 Å². The summed E-state index contributed by atoms with van der Waals surface area (Å²) < 4.78 is 0. The summed E-state index contributed by atoms with van der Waals surface area (Å²) in [5, 5.41) is 12.2. The summed E-state index contributed by atoms with van der Waals surface area (Å²) >= 11 is 1.82. The number of hydrogen-bond acceptors (Lipinski definition) is 4. The Balaban J connectivity index is 1.83. The van der Waals surface area contributed by atoms with Crippen LogP contribution in [0.5, 0.6) is 0 Å². The quantitative estimate of drug-likeness (QED) is 0.858. The molecule has 0 aliphatic heterocycles. The van der Waals surface area contributed by atoms with Crippen LogP contribution in [0.4, 0.5) is 0 Å². The third kappa shape index (κ3) is 4.15. The molecular weight excluding hydrogens is 272 g/mol. The van der Waals surface area contributed by atoms with Gasteiger partial charge in [0.1, 0.15) is 0 Å². The highest BCUT2D eigenvalue weighted by Crippen LogP contribution is 2.16. The second kappa shape index (κ2) is 6.63. The van der Waals surface area contributed by atoms with Gasteiger partial charge >= 0.3 is 5.97 Å². The summed E-state index contributed by atoms with van der Waals surface area (Å²) in [4.78, 5) is 17.6. The zero-order valence-electron chi connectivity index (χ0n) is 11.6. The van der Waals surface area contributed by atoms with Crippen molar-refractivity contribution in [2.75, 3.05) is 0 Å². The molecule has 0 saturated heterocycles. The van der Waals surface area contributed by atoms with Crippen molar-refractivity contribution in [1.82, 2.24) is 10.3 Å². The van der Waals surface area contributed by atoms with Crippen molar-refractivity contribution in [3.63, 3.8) is 0 Å². The molecule has 0 saturated carbocycles. The minimum atomic E-state index is -0.946. The van der Waals surface area contributed by atoms with Crippen molar-refractivity contribution in [1.29, 1.82) is 0 Å². The van der Waals surface area contributed by atoms with Crippen molar-refractivity contribution >= 4 is 17.3 Å². The lowest BCUT2D eigenvalue weighted by molar-refractivity contribution is 0.0696. The molecular formula is C15H18N2O2S. The van der Waals surface area contributed by atoms with Gasteiger partial charge in [0.25, 0.3) is 0 Å². The second-order valence-electron chi connectivity index (χ2n) is 4.84. The fourth-order valence-corrected chi connectivity index (χ4v) is 2.92. The van der Waals surface area contributed by atoms with Crippen LogP contribution in [0, 0.1) is 6.92 Å². The molecule has 0 radical (unpaired) electrons. The summed E-state index contributed by atoms with van der Waals surface area (Å²) in [6, 6.07) is 7.99. The van der Waals surface area contributed by atoms with E-state index < -0.39 is 5.97 Å². The number of carboxylic acids is 1. The number of carboxylic acid groups (broad SMARTS) is 1. The van der Waals surface area contributed by atoms with E-state index in [1.165, 1.54) is 16.0 Å². The second-order valence-corrected chi connectivity index (χ2v) is 6.21. The van der Waals surface area contributed by atoms with E-state index in [1.807, 2.05) is 11.3 Å². The molecule has 2 aromatic heterocycles. The van der Waals surface area contributed by atoms with Gasteiger partial charge in [0.15, 0.2) is 0 Å². The molecule has 2 N–H and O–H groups in total. The number of aromatic nitrogens is 1. The predicted octanol–water partition coefficient (Wildman–Crippen LogP) is 2.87. The third-order valence-corrected chi connectivity index (χ3v) is 4.03. The standard InChI is InChI=1S/C15H18N2O2S/c1-10(7-14-6-3-11(2)20-14)16-9-13-5-4-12(8-17-13)15(18)19/h3-6,8,10,16H,7,9H2,1-2H3,(H,18,19). The summed E-state index contributed by atoms with van der Waals surface area (Å²) in [6.45, 7) is 4.90. The number of pyridine rings is 1. The molecule has 4 nitrogen and oxygen atoms in total. The van der Waals surface area contributed by atoms with E-state index >= 15 is 0 Å². The van der Waals surface area contributed by atoms with Gasteiger partial charge in [0.2, 0.25) is 0 Å². The number of aromatic carboxylic acids is 1. The summed E-state index contributed by atoms with van der Waals surface area (Å²) in [7, 11) is 0. The molecule has 20 heavy (non-hydrogen) atoms. The van der Waals surface area contributed by atoms with Crippen molar-refractivity contribution < 1.29 is 9.90 Å². The number of nitrogens with zero attached hydrogens (tertiary/aromatic N) is 1. The van der Waals surface area contributed by atoms with E-state index in [1.54, 1.807) is 12.1 Å². The first-order valence-electron chi connectivity index (χ1n) is 6.51. The van der Waals surface area contributed by atoms with E-state index in [2.05, 4.69) is 36.3 Å². The maximum atomic E-state index is 10.7. The predicted molar refractivity (Wildman–Crippen MR) is 80.3 cm³/mol. The monoisotopic (exact) mass is 290 g/mol. The van der Waals surface area contributed by atoms with Gasteiger partial charge in [-0.05, 0) is 44.5 Å². The molecule has 0 fully saturated rings. The van der Waals surface area contributed by atoms with E-state index in [0.29, 0.717) is 12.6 Å². The van der Waals surface area contributed by atoms with Crippen molar-refractivity contribution in [3.8, 4) is 0 Å². The Morgan fingerprint density at radius 2 is 2.20 bits per heavy atom. The van der Waals surface area contributed by atoms with Gasteiger partial charge in [0.05, 0.1) is 11.3 Å². The first kappa shape index (κ1) is 14.7. The summed E-state index contributed by atoms with van der Waals surface area (Å²) in [5.74, 6) is -0.946. The average Bonchev–Trinajstić information content (AvgIpc) is 2.82. The molecule has 2 heterocycles. The van der Waals surface area contributed by atoms with Crippen LogP contribution >= 0.6 is 11.3 Å². The largest absolute Gasteiger partial charge is 0.478 e. The van der Waals surface area contributed by atoms with Gasteiger partial charge in [-0.2, -0.15) is 0 Å². The zero-order chi connectivity index (χ0) is 14.5. The lowest BCUT2D eigenvalue weighted by Crippen LogP contribution is -2.27. The molecule has 0 bridgehead atoms. The van der Waals surface area contributed by atoms with E-state index in [0.717, 1.165) is 12.1 Å². The molecule has 0 spiro atoms. The fourth-order valence-electron chi connectivity index (χ4n) is 1.90. The SMILES string of the molecule is Cc1ccc(CC(C)NCc2ccc(C(=O)O)cn2)s1. The Morgan fingerprint density at radius 3 is 2.75 bits per heavy atom. The number of aryl methyl sites for hydroxylation is 1. The molecule has 106 valence electrons. The van der Waals surface area contributed by atoms with Gasteiger partial charge in [-0.3, -0.25) is 4.98 Å². The molecule has 0 aliphatic carbocycles. The molecule has 1 unspecified atom stereocenters. The van der Waals surface area contributed by atoms with Gasteiger partial charge in [-0.25, -0.2) is 4.79 Å². The molecule has 0 amide bonds. The van der Waals surface area contributed by atoms with Crippen molar-refractivity contribution in [2.24, 2.45) is 0 Å². The number of rotatable bonds is 6. The Morgan fingerprint density at radius 1 is 1.40 bits per heavy atom. The third-order valence-electron chi connectivity index (χ3n) is 3.01. The number of carbonyl (C=O) groups is 1. The maximum absolute atomic E-state index is 10.7. The lowest BCUT2D eigenvalue weighted by Gasteiger charge is -2.12. The van der Waals surface area contributed by atoms with Crippen LogP contribution in [0.2, 0.25) is 0 Å². The fraction of sp³-hybridized carbons (Fsp3) is 0.333. The Labute approximate surface area is 122 Å². The van der Waals surface area contributed by atoms with Gasteiger partial charge in [-0.15, -0.1) is 11.3 Å². The van der Waals surface area contributed by atoms with E-state index in [4.69, 9.17) is 5.11 Å². The minimum absolute atomic E-state index is 0.218. The van der Waals surface area contributed by atoms with Crippen LogP contribution in [0.25, 0.3) is 0 Å². The highest BCUT2D eigenvalue weighted by atomic mass is 32.1. The normalized spacial score (nSPS) is 12.3. The topological polar surface area (TPSA) is 62.2 Å². The molecule has 1 atom stereocenters. The first-order chi connectivity index (χ1) is 9.54. The van der Waals surface area contributed by atoms with Crippen LogP contribution in [0.15, 0.2) is 30.5 Å². The molecule has 0 aliphatic rings. The van der Waals surface area contributed by atoms with E-state index in [9.17, 15) is 4.79 Å². The molecule has 2 aromatic rings. The molecule has 0 aromatic carbocycles. The van der Waals surface area contributed by atoms with Crippen LogP contribution in [0.1, 0.15) is 32.7 Å². The van der Waals surface area contributed by atoms with Crippen LogP contribution in [-0.4, -0.2) is 22.1 Å². The lowest BCUT2D eigenvalue weighted by atomic mass is 10.2.